The lowest BCUT2D eigenvalue weighted by molar-refractivity contribution is -0.137. The van der Waals surface area contributed by atoms with Crippen molar-refractivity contribution < 1.29 is 28.6 Å². The summed E-state index contributed by atoms with van der Waals surface area (Å²) >= 11 is 6.00. The number of methoxy groups -OCH3 is 1. The van der Waals surface area contributed by atoms with Gasteiger partial charge >= 0.3 is 5.97 Å². The molecule has 0 bridgehead atoms. The molecule has 0 radical (unpaired) electrons. The fraction of sp³-hybridized carbons (Fsp3) is 0.259. The molecule has 6 nitrogen and oxygen atoms in total. The van der Waals surface area contributed by atoms with E-state index in [4.69, 9.17) is 21.1 Å². The van der Waals surface area contributed by atoms with Gasteiger partial charge in [0, 0.05) is 35.5 Å². The molecule has 35 heavy (non-hydrogen) atoms. The van der Waals surface area contributed by atoms with E-state index in [2.05, 4.69) is 0 Å². The van der Waals surface area contributed by atoms with Gasteiger partial charge in [0.1, 0.15) is 18.0 Å². The zero-order valence-corrected chi connectivity index (χ0v) is 20.1. The summed E-state index contributed by atoms with van der Waals surface area (Å²) < 4.78 is 25.5. The summed E-state index contributed by atoms with van der Waals surface area (Å²) in [6, 6.07) is 16.6. The molecule has 0 fully saturated rings. The number of halogens is 2. The van der Waals surface area contributed by atoms with Gasteiger partial charge in [0.2, 0.25) is 0 Å². The number of benzene rings is 3. The van der Waals surface area contributed by atoms with Crippen LogP contribution in [0.2, 0.25) is 5.02 Å². The van der Waals surface area contributed by atoms with E-state index in [1.54, 1.807) is 18.2 Å². The average Bonchev–Trinajstić information content (AvgIpc) is 3.14. The maximum Gasteiger partial charge on any atom is 0.323 e. The number of fused-ring (bicyclic) bond motifs is 1. The van der Waals surface area contributed by atoms with Crippen LogP contribution in [0.3, 0.4) is 0 Å². The molecule has 1 heterocycles. The largest absolute Gasteiger partial charge is 0.493 e. The predicted molar refractivity (Wildman–Crippen MR) is 130 cm³/mol. The van der Waals surface area contributed by atoms with Crippen LogP contribution < -0.4 is 9.47 Å². The molecule has 0 spiro atoms. The summed E-state index contributed by atoms with van der Waals surface area (Å²) in [5.41, 5.74) is 2.06. The van der Waals surface area contributed by atoms with E-state index in [1.807, 2.05) is 31.2 Å². The van der Waals surface area contributed by atoms with E-state index in [-0.39, 0.29) is 12.1 Å². The monoisotopic (exact) mass is 497 g/mol. The molecule has 1 atom stereocenters. The third-order valence-corrected chi connectivity index (χ3v) is 6.13. The second-order valence-corrected chi connectivity index (χ2v) is 9.32. The van der Waals surface area contributed by atoms with Crippen LogP contribution in [-0.4, -0.2) is 41.1 Å². The minimum absolute atomic E-state index is 0.0485. The van der Waals surface area contributed by atoms with E-state index in [1.165, 1.54) is 30.2 Å². The van der Waals surface area contributed by atoms with Crippen molar-refractivity contribution >= 4 is 23.5 Å². The number of carboxylic acid groups (broad SMARTS) is 1. The molecule has 4 rings (SSSR count). The first-order valence-electron chi connectivity index (χ1n) is 11.1. The SMILES string of the molecule is COc1cc(C(=O)N(CC(=O)O)Cc2cccc(F)c2)cc2c1OC(C)(Cc1ccc(Cl)cc1)C2. The van der Waals surface area contributed by atoms with Crippen LogP contribution in [0.1, 0.15) is 34.0 Å². The highest BCUT2D eigenvalue weighted by Crippen LogP contribution is 2.44. The van der Waals surface area contributed by atoms with Gasteiger partial charge in [0.15, 0.2) is 11.5 Å². The molecular formula is C27H25ClFNO5. The second kappa shape index (κ2) is 9.96. The Hall–Kier alpha value is -3.58. The van der Waals surface area contributed by atoms with Gasteiger partial charge in [0.05, 0.1) is 7.11 Å². The van der Waals surface area contributed by atoms with Crippen LogP contribution in [0.25, 0.3) is 0 Å². The fourth-order valence-corrected chi connectivity index (χ4v) is 4.53. The molecule has 0 aliphatic carbocycles. The van der Waals surface area contributed by atoms with Gasteiger partial charge in [-0.2, -0.15) is 0 Å². The van der Waals surface area contributed by atoms with E-state index >= 15 is 0 Å². The third-order valence-electron chi connectivity index (χ3n) is 5.88. The number of hydrogen-bond acceptors (Lipinski definition) is 4. The Morgan fingerprint density at radius 3 is 2.54 bits per heavy atom. The Bertz CT molecular complexity index is 1260. The molecule has 3 aromatic rings. The van der Waals surface area contributed by atoms with Crippen molar-refractivity contribution in [2.24, 2.45) is 0 Å². The quantitative estimate of drug-likeness (QED) is 0.465. The van der Waals surface area contributed by atoms with Crippen molar-refractivity contribution in [3.05, 3.63) is 93.8 Å². The highest BCUT2D eigenvalue weighted by molar-refractivity contribution is 6.30. The van der Waals surface area contributed by atoms with Crippen molar-refractivity contribution in [1.29, 1.82) is 0 Å². The van der Waals surface area contributed by atoms with Crippen LogP contribution in [-0.2, 0) is 24.2 Å². The smallest absolute Gasteiger partial charge is 0.323 e. The number of amides is 1. The minimum atomic E-state index is -1.17. The molecular weight excluding hydrogens is 473 g/mol. The summed E-state index contributed by atoms with van der Waals surface area (Å²) in [7, 11) is 1.49. The van der Waals surface area contributed by atoms with Crippen molar-refractivity contribution in [1.82, 2.24) is 4.90 Å². The molecule has 0 saturated carbocycles. The number of carbonyl (C=O) groups is 2. The van der Waals surface area contributed by atoms with Gasteiger partial charge in [-0.05, 0) is 54.4 Å². The summed E-state index contributed by atoms with van der Waals surface area (Å²) in [6.07, 6.45) is 1.15. The highest BCUT2D eigenvalue weighted by Gasteiger charge is 2.38. The topological polar surface area (TPSA) is 76.1 Å². The van der Waals surface area contributed by atoms with E-state index in [0.717, 1.165) is 11.1 Å². The van der Waals surface area contributed by atoms with Gasteiger partial charge < -0.3 is 19.5 Å². The van der Waals surface area contributed by atoms with Crippen molar-refractivity contribution in [2.45, 2.75) is 31.9 Å². The normalized spacial score (nSPS) is 16.3. The number of ether oxygens (including phenoxy) is 2. The van der Waals surface area contributed by atoms with Crippen molar-refractivity contribution in [3.8, 4) is 11.5 Å². The first-order chi connectivity index (χ1) is 16.7. The summed E-state index contributed by atoms with van der Waals surface area (Å²) in [5, 5.41) is 10.0. The van der Waals surface area contributed by atoms with Crippen LogP contribution in [0, 0.1) is 5.82 Å². The Balaban J connectivity index is 1.61. The van der Waals surface area contributed by atoms with E-state index in [9.17, 15) is 19.1 Å². The Labute approximate surface area is 207 Å². The third kappa shape index (κ3) is 5.74. The van der Waals surface area contributed by atoms with Gasteiger partial charge in [-0.25, -0.2) is 4.39 Å². The zero-order valence-electron chi connectivity index (χ0n) is 19.4. The van der Waals surface area contributed by atoms with Gasteiger partial charge in [-0.15, -0.1) is 0 Å². The number of carboxylic acids is 1. The molecule has 1 N–H and O–H groups in total. The second-order valence-electron chi connectivity index (χ2n) is 8.88. The molecule has 1 aliphatic heterocycles. The van der Waals surface area contributed by atoms with E-state index < -0.39 is 29.8 Å². The Morgan fingerprint density at radius 1 is 1.14 bits per heavy atom. The number of hydrogen-bond donors (Lipinski definition) is 1. The van der Waals surface area contributed by atoms with Gasteiger partial charge in [-0.3, -0.25) is 9.59 Å². The molecule has 1 aliphatic rings. The standard InChI is InChI=1S/C27H25ClFNO5/c1-27(13-17-6-8-21(28)9-7-17)14-20-11-19(12-23(34-2)25(20)35-27)26(33)30(16-24(31)32)15-18-4-3-5-22(29)10-18/h3-12H,13-16H2,1-2H3,(H,31,32). The summed E-state index contributed by atoms with van der Waals surface area (Å²) in [4.78, 5) is 26.0. The number of aliphatic carboxylic acids is 1. The summed E-state index contributed by atoms with van der Waals surface area (Å²) in [6.45, 7) is 1.41. The van der Waals surface area contributed by atoms with Gasteiger partial charge in [-0.1, -0.05) is 35.9 Å². The lowest BCUT2D eigenvalue weighted by atomic mass is 9.91. The lowest BCUT2D eigenvalue weighted by Gasteiger charge is -2.24. The van der Waals surface area contributed by atoms with Crippen molar-refractivity contribution in [3.63, 3.8) is 0 Å². The molecule has 182 valence electrons. The lowest BCUT2D eigenvalue weighted by Crippen LogP contribution is -2.35. The maximum absolute atomic E-state index is 13.6. The first-order valence-corrected chi connectivity index (χ1v) is 11.4. The minimum Gasteiger partial charge on any atom is -0.493 e. The molecule has 0 saturated heterocycles. The molecule has 8 heteroatoms. The average molecular weight is 498 g/mol. The molecule has 0 aromatic heterocycles. The zero-order chi connectivity index (χ0) is 25.2. The summed E-state index contributed by atoms with van der Waals surface area (Å²) in [5.74, 6) is -1.16. The number of rotatable bonds is 8. The Kier molecular flexibility index (Phi) is 6.98. The van der Waals surface area contributed by atoms with Crippen molar-refractivity contribution in [2.75, 3.05) is 13.7 Å². The first kappa shape index (κ1) is 24.5. The highest BCUT2D eigenvalue weighted by atomic mass is 35.5. The van der Waals surface area contributed by atoms with Crippen LogP contribution in [0.15, 0.2) is 60.7 Å². The van der Waals surface area contributed by atoms with E-state index in [0.29, 0.717) is 34.9 Å². The molecule has 3 aromatic carbocycles. The van der Waals surface area contributed by atoms with Crippen LogP contribution >= 0.6 is 11.6 Å². The maximum atomic E-state index is 13.6. The number of carbonyl (C=O) groups excluding carboxylic acids is 1. The number of nitrogens with zero attached hydrogens (tertiary/aromatic N) is 1. The van der Waals surface area contributed by atoms with Crippen LogP contribution in [0.5, 0.6) is 11.5 Å². The predicted octanol–water partition coefficient (Wildman–Crippen LogP) is 5.15. The fourth-order valence-electron chi connectivity index (χ4n) is 4.40. The Morgan fingerprint density at radius 2 is 1.89 bits per heavy atom. The molecule has 1 unspecified atom stereocenters. The van der Waals surface area contributed by atoms with Gasteiger partial charge in [0.25, 0.3) is 5.91 Å². The molecule has 1 amide bonds. The van der Waals surface area contributed by atoms with Crippen LogP contribution in [0.4, 0.5) is 4.39 Å².